The van der Waals surface area contributed by atoms with Crippen LogP contribution >= 0.6 is 0 Å². The highest BCUT2D eigenvalue weighted by atomic mass is 16.5. The van der Waals surface area contributed by atoms with E-state index in [0.29, 0.717) is 31.8 Å². The van der Waals surface area contributed by atoms with Crippen molar-refractivity contribution in [3.05, 3.63) is 24.3 Å². The second-order valence-corrected chi connectivity index (χ2v) is 3.25. The molecule has 0 saturated heterocycles. The normalized spacial score (nSPS) is 9.81. The van der Waals surface area contributed by atoms with Gasteiger partial charge < -0.3 is 14.6 Å². The van der Waals surface area contributed by atoms with Crippen molar-refractivity contribution in [3.63, 3.8) is 0 Å². The largest absolute Gasteiger partial charge is 0.508 e. The quantitative estimate of drug-likeness (QED) is 0.594. The van der Waals surface area contributed by atoms with Crippen LogP contribution in [-0.4, -0.2) is 24.3 Å². The topological polar surface area (TPSA) is 55.8 Å². The van der Waals surface area contributed by atoms with Gasteiger partial charge in [-0.05, 0) is 25.5 Å². The molecule has 0 heterocycles. The number of hydrogen-bond donors (Lipinski definition) is 1. The van der Waals surface area contributed by atoms with Crippen molar-refractivity contribution in [1.82, 2.24) is 0 Å². The first-order chi connectivity index (χ1) is 7.72. The van der Waals surface area contributed by atoms with Gasteiger partial charge in [0, 0.05) is 12.5 Å². The smallest absolute Gasteiger partial charge is 0.305 e. The number of phenolic OH excluding ortho intramolecular Hbond substituents is 1. The molecule has 1 aromatic rings. The van der Waals surface area contributed by atoms with Crippen LogP contribution in [0.1, 0.15) is 19.8 Å². The van der Waals surface area contributed by atoms with E-state index in [9.17, 15) is 9.90 Å². The number of hydrogen-bond acceptors (Lipinski definition) is 4. The first-order valence-corrected chi connectivity index (χ1v) is 5.30. The van der Waals surface area contributed by atoms with Crippen LogP contribution < -0.4 is 4.74 Å². The van der Waals surface area contributed by atoms with Crippen LogP contribution in [-0.2, 0) is 9.53 Å². The summed E-state index contributed by atoms with van der Waals surface area (Å²) in [5, 5.41) is 9.17. The molecule has 0 amide bonds. The highest BCUT2D eigenvalue weighted by Crippen LogP contribution is 2.17. The maximum Gasteiger partial charge on any atom is 0.305 e. The Hall–Kier alpha value is -1.71. The third-order valence-corrected chi connectivity index (χ3v) is 1.92. The Morgan fingerprint density at radius 2 is 2.25 bits per heavy atom. The van der Waals surface area contributed by atoms with Crippen molar-refractivity contribution in [2.45, 2.75) is 19.8 Å². The molecule has 0 aromatic heterocycles. The van der Waals surface area contributed by atoms with Crippen molar-refractivity contribution in [3.8, 4) is 11.5 Å². The summed E-state index contributed by atoms with van der Waals surface area (Å²) < 4.78 is 10.1. The maximum atomic E-state index is 11.0. The SMILES string of the molecule is CCOC(=O)CCCOc1cccc(O)c1. The zero-order valence-corrected chi connectivity index (χ0v) is 9.31. The fourth-order valence-corrected chi connectivity index (χ4v) is 1.21. The first kappa shape index (κ1) is 12.4. The number of rotatable bonds is 6. The molecule has 0 aliphatic rings. The maximum absolute atomic E-state index is 11.0. The summed E-state index contributed by atoms with van der Waals surface area (Å²) in [6.07, 6.45) is 0.959. The van der Waals surface area contributed by atoms with E-state index in [-0.39, 0.29) is 11.7 Å². The molecule has 4 nitrogen and oxygen atoms in total. The molecule has 16 heavy (non-hydrogen) atoms. The molecule has 1 rings (SSSR count). The van der Waals surface area contributed by atoms with Crippen molar-refractivity contribution >= 4 is 5.97 Å². The van der Waals surface area contributed by atoms with Gasteiger partial charge in [0.05, 0.1) is 13.2 Å². The van der Waals surface area contributed by atoms with Crippen molar-refractivity contribution < 1.29 is 19.4 Å². The van der Waals surface area contributed by atoms with Crippen LogP contribution in [0.25, 0.3) is 0 Å². The third-order valence-electron chi connectivity index (χ3n) is 1.92. The Labute approximate surface area is 94.8 Å². The van der Waals surface area contributed by atoms with E-state index in [1.807, 2.05) is 0 Å². The minimum atomic E-state index is -0.206. The van der Waals surface area contributed by atoms with Crippen LogP contribution in [0.4, 0.5) is 0 Å². The highest BCUT2D eigenvalue weighted by Gasteiger charge is 2.01. The van der Waals surface area contributed by atoms with Crippen LogP contribution in [0.15, 0.2) is 24.3 Å². The lowest BCUT2D eigenvalue weighted by Gasteiger charge is -2.06. The van der Waals surface area contributed by atoms with Gasteiger partial charge in [0.2, 0.25) is 0 Å². The average molecular weight is 224 g/mol. The fraction of sp³-hybridized carbons (Fsp3) is 0.417. The van der Waals surface area contributed by atoms with Gasteiger partial charge >= 0.3 is 5.97 Å². The number of phenols is 1. The van der Waals surface area contributed by atoms with Crippen LogP contribution in [0.5, 0.6) is 11.5 Å². The van der Waals surface area contributed by atoms with Gasteiger partial charge in [0.15, 0.2) is 0 Å². The van der Waals surface area contributed by atoms with Crippen molar-refractivity contribution in [2.75, 3.05) is 13.2 Å². The average Bonchev–Trinajstić information content (AvgIpc) is 2.25. The van der Waals surface area contributed by atoms with Gasteiger partial charge in [-0.25, -0.2) is 0 Å². The minimum Gasteiger partial charge on any atom is -0.508 e. The zero-order chi connectivity index (χ0) is 11.8. The summed E-state index contributed by atoms with van der Waals surface area (Å²) in [7, 11) is 0. The van der Waals surface area contributed by atoms with E-state index in [0.717, 1.165) is 0 Å². The number of carbonyl (C=O) groups is 1. The molecule has 1 aromatic carbocycles. The van der Waals surface area contributed by atoms with E-state index >= 15 is 0 Å². The summed E-state index contributed by atoms with van der Waals surface area (Å²) in [5.41, 5.74) is 0. The predicted molar refractivity (Wildman–Crippen MR) is 59.5 cm³/mol. The lowest BCUT2D eigenvalue weighted by Crippen LogP contribution is -2.06. The molecule has 0 atom stereocenters. The number of carbonyl (C=O) groups excluding carboxylic acids is 1. The monoisotopic (exact) mass is 224 g/mol. The number of benzene rings is 1. The Kier molecular flexibility index (Phi) is 5.19. The van der Waals surface area contributed by atoms with Crippen LogP contribution in [0.3, 0.4) is 0 Å². The molecule has 88 valence electrons. The summed E-state index contributed by atoms with van der Waals surface area (Å²) in [6.45, 7) is 2.62. The predicted octanol–water partition coefficient (Wildman–Crippen LogP) is 2.11. The first-order valence-electron chi connectivity index (χ1n) is 5.30. The van der Waals surface area contributed by atoms with Gasteiger partial charge in [-0.15, -0.1) is 0 Å². The van der Waals surface area contributed by atoms with E-state index in [1.54, 1.807) is 25.1 Å². The Morgan fingerprint density at radius 3 is 2.94 bits per heavy atom. The van der Waals surface area contributed by atoms with Gasteiger partial charge in [0.25, 0.3) is 0 Å². The second-order valence-electron chi connectivity index (χ2n) is 3.25. The van der Waals surface area contributed by atoms with Crippen LogP contribution in [0, 0.1) is 0 Å². The molecular formula is C12H16O4. The standard InChI is InChI=1S/C12H16O4/c1-2-15-12(14)7-4-8-16-11-6-3-5-10(13)9-11/h3,5-6,9,13H,2,4,7-8H2,1H3. The molecule has 0 aliphatic carbocycles. The summed E-state index contributed by atoms with van der Waals surface area (Å²) in [6, 6.07) is 6.57. The lowest BCUT2D eigenvalue weighted by molar-refractivity contribution is -0.143. The van der Waals surface area contributed by atoms with Crippen molar-refractivity contribution in [1.29, 1.82) is 0 Å². The molecule has 0 saturated carbocycles. The molecule has 0 fully saturated rings. The molecule has 0 aliphatic heterocycles. The summed E-state index contributed by atoms with van der Waals surface area (Å²) in [4.78, 5) is 11.0. The number of esters is 1. The van der Waals surface area contributed by atoms with Gasteiger partial charge in [0.1, 0.15) is 11.5 Å². The Bertz CT molecular complexity index is 336. The zero-order valence-electron chi connectivity index (χ0n) is 9.31. The third kappa shape index (κ3) is 4.68. The molecule has 0 radical (unpaired) electrons. The number of ether oxygens (including phenoxy) is 2. The molecule has 4 heteroatoms. The molecule has 0 unspecified atom stereocenters. The van der Waals surface area contributed by atoms with Gasteiger partial charge in [-0.1, -0.05) is 6.07 Å². The summed E-state index contributed by atoms with van der Waals surface area (Å²) >= 11 is 0. The second kappa shape index (κ2) is 6.71. The van der Waals surface area contributed by atoms with E-state index in [2.05, 4.69) is 0 Å². The minimum absolute atomic E-state index is 0.169. The molecule has 1 N–H and O–H groups in total. The van der Waals surface area contributed by atoms with E-state index < -0.39 is 0 Å². The molecule has 0 bridgehead atoms. The Morgan fingerprint density at radius 1 is 1.44 bits per heavy atom. The summed E-state index contributed by atoms with van der Waals surface area (Å²) in [5.74, 6) is 0.564. The highest BCUT2D eigenvalue weighted by molar-refractivity contribution is 5.69. The van der Waals surface area contributed by atoms with Crippen molar-refractivity contribution in [2.24, 2.45) is 0 Å². The van der Waals surface area contributed by atoms with E-state index in [1.165, 1.54) is 6.07 Å². The Balaban J connectivity index is 2.18. The molecule has 0 spiro atoms. The lowest BCUT2D eigenvalue weighted by atomic mass is 10.3. The van der Waals surface area contributed by atoms with Crippen LogP contribution in [0.2, 0.25) is 0 Å². The fourth-order valence-electron chi connectivity index (χ4n) is 1.21. The van der Waals surface area contributed by atoms with E-state index in [4.69, 9.17) is 9.47 Å². The molecular weight excluding hydrogens is 208 g/mol. The number of aromatic hydroxyl groups is 1. The van der Waals surface area contributed by atoms with Gasteiger partial charge in [-0.2, -0.15) is 0 Å². The van der Waals surface area contributed by atoms with Gasteiger partial charge in [-0.3, -0.25) is 4.79 Å².